The number of anilines is 2. The number of ether oxygens (including phenoxy) is 1. The summed E-state index contributed by atoms with van der Waals surface area (Å²) in [6, 6.07) is 14.6. The van der Waals surface area contributed by atoms with Crippen molar-refractivity contribution in [1.82, 2.24) is 0 Å². The highest BCUT2D eigenvalue weighted by atomic mass is 16.5. The molecule has 2 amide bonds. The van der Waals surface area contributed by atoms with E-state index in [1.807, 2.05) is 43.3 Å². The Balaban J connectivity index is 1.67. The predicted molar refractivity (Wildman–Crippen MR) is 83.9 cm³/mol. The molecule has 112 valence electrons. The van der Waals surface area contributed by atoms with E-state index >= 15 is 0 Å². The van der Waals surface area contributed by atoms with Gasteiger partial charge in [-0.1, -0.05) is 30.3 Å². The predicted octanol–water partition coefficient (Wildman–Crippen LogP) is 2.72. The number of nitrogens with one attached hydrogen (secondary N) is 2. The van der Waals surface area contributed by atoms with Crippen LogP contribution in [0, 0.1) is 6.92 Å². The van der Waals surface area contributed by atoms with E-state index in [1.54, 1.807) is 12.1 Å². The lowest BCUT2D eigenvalue weighted by Gasteiger charge is -2.25. The molecule has 0 fully saturated rings. The van der Waals surface area contributed by atoms with Gasteiger partial charge in [0.1, 0.15) is 5.75 Å². The van der Waals surface area contributed by atoms with Crippen LogP contribution in [0.4, 0.5) is 11.4 Å². The topological polar surface area (TPSA) is 67.4 Å². The number of para-hydroxylation sites is 3. The highest BCUT2D eigenvalue weighted by Crippen LogP contribution is 2.29. The van der Waals surface area contributed by atoms with E-state index in [9.17, 15) is 9.59 Å². The van der Waals surface area contributed by atoms with E-state index in [0.29, 0.717) is 11.4 Å². The number of rotatable bonds is 3. The van der Waals surface area contributed by atoms with E-state index in [-0.39, 0.29) is 18.2 Å². The van der Waals surface area contributed by atoms with Crippen molar-refractivity contribution in [2.75, 3.05) is 10.6 Å². The molecule has 0 saturated carbocycles. The van der Waals surface area contributed by atoms with Gasteiger partial charge in [-0.2, -0.15) is 0 Å². The van der Waals surface area contributed by atoms with Crippen LogP contribution in [0.15, 0.2) is 48.5 Å². The van der Waals surface area contributed by atoms with Gasteiger partial charge in [0, 0.05) is 5.69 Å². The molecule has 1 aliphatic heterocycles. The number of hydrogen-bond acceptors (Lipinski definition) is 3. The van der Waals surface area contributed by atoms with Crippen molar-refractivity contribution in [3.63, 3.8) is 0 Å². The number of hydrogen-bond donors (Lipinski definition) is 2. The summed E-state index contributed by atoms with van der Waals surface area (Å²) >= 11 is 0. The molecule has 2 aromatic carbocycles. The van der Waals surface area contributed by atoms with E-state index < -0.39 is 6.10 Å². The van der Waals surface area contributed by atoms with E-state index in [1.165, 1.54) is 0 Å². The maximum absolute atomic E-state index is 12.1. The molecule has 0 aliphatic carbocycles. The minimum absolute atomic E-state index is 0.0332. The lowest BCUT2D eigenvalue weighted by molar-refractivity contribution is -0.128. The van der Waals surface area contributed by atoms with Gasteiger partial charge >= 0.3 is 0 Å². The van der Waals surface area contributed by atoms with Crippen LogP contribution in [0.5, 0.6) is 5.75 Å². The second-order valence-corrected chi connectivity index (χ2v) is 5.16. The molecule has 22 heavy (non-hydrogen) atoms. The number of benzene rings is 2. The molecule has 3 rings (SSSR count). The Labute approximate surface area is 128 Å². The normalized spacial score (nSPS) is 16.2. The Morgan fingerprint density at radius 2 is 1.91 bits per heavy atom. The molecule has 1 aliphatic rings. The van der Waals surface area contributed by atoms with Gasteiger partial charge in [0.2, 0.25) is 5.91 Å². The van der Waals surface area contributed by atoms with Crippen LogP contribution in [-0.4, -0.2) is 17.9 Å². The number of carbonyl (C=O) groups is 2. The van der Waals surface area contributed by atoms with Gasteiger partial charge < -0.3 is 15.4 Å². The third kappa shape index (κ3) is 2.93. The summed E-state index contributed by atoms with van der Waals surface area (Å²) in [7, 11) is 0. The van der Waals surface area contributed by atoms with Gasteiger partial charge in [-0.25, -0.2) is 0 Å². The molecule has 2 N–H and O–H groups in total. The second-order valence-electron chi connectivity index (χ2n) is 5.16. The number of aryl methyl sites for hydroxylation is 1. The van der Waals surface area contributed by atoms with E-state index in [4.69, 9.17) is 4.74 Å². The third-order valence-electron chi connectivity index (χ3n) is 3.50. The summed E-state index contributed by atoms with van der Waals surface area (Å²) in [6.45, 7) is 1.91. The first kappa shape index (κ1) is 14.1. The molecule has 1 unspecified atom stereocenters. The van der Waals surface area contributed by atoms with Crippen molar-refractivity contribution in [2.24, 2.45) is 0 Å². The van der Waals surface area contributed by atoms with Crippen molar-refractivity contribution < 1.29 is 14.3 Å². The summed E-state index contributed by atoms with van der Waals surface area (Å²) in [4.78, 5) is 24.1. The standard InChI is InChI=1S/C17H16N2O3/c1-11-6-2-3-7-12(11)18-16(20)10-15-17(21)19-13-8-4-5-9-14(13)22-15/h2-9,15H,10H2,1H3,(H,18,20)(H,19,21). The molecule has 1 atom stereocenters. The second kappa shape index (κ2) is 5.89. The molecule has 5 heteroatoms. The van der Waals surface area contributed by atoms with Crippen molar-refractivity contribution in [2.45, 2.75) is 19.4 Å². The SMILES string of the molecule is Cc1ccccc1NC(=O)CC1Oc2ccccc2NC1=O. The van der Waals surface area contributed by atoms with Gasteiger partial charge in [-0.15, -0.1) is 0 Å². The fraction of sp³-hybridized carbons (Fsp3) is 0.176. The lowest BCUT2D eigenvalue weighted by atomic mass is 10.1. The fourth-order valence-corrected chi connectivity index (χ4v) is 2.31. The first-order chi connectivity index (χ1) is 10.6. The smallest absolute Gasteiger partial charge is 0.266 e. The summed E-state index contributed by atoms with van der Waals surface area (Å²) < 4.78 is 5.61. The summed E-state index contributed by atoms with van der Waals surface area (Å²) in [5.41, 5.74) is 2.34. The summed E-state index contributed by atoms with van der Waals surface area (Å²) in [6.07, 6.45) is -0.854. The molecule has 5 nitrogen and oxygen atoms in total. The maximum atomic E-state index is 12.1. The number of fused-ring (bicyclic) bond motifs is 1. The molecule has 1 heterocycles. The zero-order valence-corrected chi connectivity index (χ0v) is 12.1. The first-order valence-corrected chi connectivity index (χ1v) is 7.05. The van der Waals surface area contributed by atoms with Gasteiger partial charge in [-0.05, 0) is 30.7 Å². The monoisotopic (exact) mass is 296 g/mol. The largest absolute Gasteiger partial charge is 0.478 e. The first-order valence-electron chi connectivity index (χ1n) is 7.05. The number of amides is 2. The molecule has 2 aromatic rings. The highest BCUT2D eigenvalue weighted by Gasteiger charge is 2.29. The van der Waals surface area contributed by atoms with Crippen LogP contribution in [-0.2, 0) is 9.59 Å². The average Bonchev–Trinajstić information content (AvgIpc) is 2.50. The zero-order chi connectivity index (χ0) is 15.5. The average molecular weight is 296 g/mol. The van der Waals surface area contributed by atoms with Crippen LogP contribution >= 0.6 is 0 Å². The van der Waals surface area contributed by atoms with Crippen LogP contribution in [0.2, 0.25) is 0 Å². The van der Waals surface area contributed by atoms with Gasteiger partial charge in [0.25, 0.3) is 5.91 Å². The molecule has 0 aromatic heterocycles. The molecular formula is C17H16N2O3. The van der Waals surface area contributed by atoms with Crippen LogP contribution < -0.4 is 15.4 Å². The van der Waals surface area contributed by atoms with Crippen LogP contribution in [0.25, 0.3) is 0 Å². The van der Waals surface area contributed by atoms with Crippen molar-refractivity contribution >= 4 is 23.2 Å². The summed E-state index contributed by atoms with van der Waals surface area (Å²) in [5.74, 6) is 0.0169. The molecule has 0 radical (unpaired) electrons. The van der Waals surface area contributed by atoms with Gasteiger partial charge in [-0.3, -0.25) is 9.59 Å². The Hall–Kier alpha value is -2.82. The summed E-state index contributed by atoms with van der Waals surface area (Å²) in [5, 5.41) is 5.55. The molecule has 0 bridgehead atoms. The van der Waals surface area contributed by atoms with Gasteiger partial charge in [0.15, 0.2) is 6.10 Å². The maximum Gasteiger partial charge on any atom is 0.266 e. The zero-order valence-electron chi connectivity index (χ0n) is 12.1. The van der Waals surface area contributed by atoms with Crippen molar-refractivity contribution in [1.29, 1.82) is 0 Å². The Bertz CT molecular complexity index is 727. The lowest BCUT2D eigenvalue weighted by Crippen LogP contribution is -2.39. The molecule has 0 spiro atoms. The van der Waals surface area contributed by atoms with Crippen LogP contribution in [0.3, 0.4) is 0 Å². The third-order valence-corrected chi connectivity index (χ3v) is 3.50. The molecule has 0 saturated heterocycles. The van der Waals surface area contributed by atoms with E-state index in [0.717, 1.165) is 11.3 Å². The Morgan fingerprint density at radius 3 is 2.73 bits per heavy atom. The van der Waals surface area contributed by atoms with Crippen molar-refractivity contribution in [3.8, 4) is 5.75 Å². The fourth-order valence-electron chi connectivity index (χ4n) is 2.31. The molecular weight excluding hydrogens is 280 g/mol. The van der Waals surface area contributed by atoms with Crippen molar-refractivity contribution in [3.05, 3.63) is 54.1 Å². The minimum Gasteiger partial charge on any atom is -0.478 e. The van der Waals surface area contributed by atoms with Crippen LogP contribution in [0.1, 0.15) is 12.0 Å². The Kier molecular flexibility index (Phi) is 3.78. The Morgan fingerprint density at radius 1 is 1.18 bits per heavy atom. The van der Waals surface area contributed by atoms with E-state index in [2.05, 4.69) is 10.6 Å². The quantitative estimate of drug-likeness (QED) is 0.915. The minimum atomic E-state index is -0.820. The highest BCUT2D eigenvalue weighted by molar-refractivity contribution is 6.02. The van der Waals surface area contributed by atoms with Gasteiger partial charge in [0.05, 0.1) is 12.1 Å². The number of carbonyl (C=O) groups excluding carboxylic acids is 2.